The first-order valence-electron chi connectivity index (χ1n) is 8.65. The summed E-state index contributed by atoms with van der Waals surface area (Å²) in [5.74, 6) is 0.558. The Balaban J connectivity index is 1.80. The molecule has 2 N–H and O–H groups in total. The molecule has 5 heteroatoms. The van der Waals surface area contributed by atoms with Crippen molar-refractivity contribution in [3.63, 3.8) is 0 Å². The van der Waals surface area contributed by atoms with Crippen molar-refractivity contribution in [1.29, 1.82) is 0 Å². The summed E-state index contributed by atoms with van der Waals surface area (Å²) in [6, 6.07) is 10.6. The molecule has 4 nitrogen and oxygen atoms in total. The van der Waals surface area contributed by atoms with Crippen molar-refractivity contribution in [1.82, 2.24) is 10.3 Å². The van der Waals surface area contributed by atoms with E-state index in [1.165, 1.54) is 4.88 Å². The number of carbonyl (C=O) groups is 1. The largest absolute Gasteiger partial charge is 0.314 e. The normalized spacial score (nSPS) is 21.0. The van der Waals surface area contributed by atoms with Crippen LogP contribution in [0.4, 0.5) is 5.13 Å². The Morgan fingerprint density at radius 2 is 2.08 bits per heavy atom. The summed E-state index contributed by atoms with van der Waals surface area (Å²) in [5.41, 5.74) is 2.10. The topological polar surface area (TPSA) is 54.0 Å². The van der Waals surface area contributed by atoms with E-state index in [1.54, 1.807) is 11.3 Å². The van der Waals surface area contributed by atoms with E-state index < -0.39 is 0 Å². The molecule has 1 aliphatic rings. The molecule has 2 aromatic rings. The zero-order valence-corrected chi connectivity index (χ0v) is 15.3. The maximum absolute atomic E-state index is 12.6. The van der Waals surface area contributed by atoms with Crippen molar-refractivity contribution in [3.8, 4) is 11.3 Å². The summed E-state index contributed by atoms with van der Waals surface area (Å²) >= 11 is 1.60. The molecule has 0 saturated carbocycles. The van der Waals surface area contributed by atoms with Crippen molar-refractivity contribution in [2.75, 3.05) is 11.9 Å². The Hall–Kier alpha value is -1.72. The molecule has 0 bridgehead atoms. The number of nitrogens with one attached hydrogen (secondary N) is 2. The van der Waals surface area contributed by atoms with Crippen LogP contribution in [0.1, 0.15) is 44.4 Å². The third kappa shape index (κ3) is 3.84. The van der Waals surface area contributed by atoms with Gasteiger partial charge in [0, 0.05) is 22.4 Å². The van der Waals surface area contributed by atoms with Crippen LogP contribution in [-0.4, -0.2) is 23.5 Å². The van der Waals surface area contributed by atoms with Crippen molar-refractivity contribution in [3.05, 3.63) is 35.2 Å². The maximum Gasteiger partial charge on any atom is 0.229 e. The van der Waals surface area contributed by atoms with Gasteiger partial charge in [-0.15, -0.1) is 11.3 Å². The molecule has 0 radical (unpaired) electrons. The second-order valence-corrected chi connectivity index (χ2v) is 7.85. The minimum Gasteiger partial charge on any atom is -0.314 e. The lowest BCUT2D eigenvalue weighted by molar-refractivity contribution is -0.120. The fourth-order valence-electron chi connectivity index (χ4n) is 3.16. The van der Waals surface area contributed by atoms with Crippen molar-refractivity contribution in [2.45, 2.75) is 45.6 Å². The lowest BCUT2D eigenvalue weighted by Gasteiger charge is -2.26. The molecular weight excluding hydrogens is 318 g/mol. The van der Waals surface area contributed by atoms with Gasteiger partial charge in [-0.3, -0.25) is 4.79 Å². The van der Waals surface area contributed by atoms with Crippen molar-refractivity contribution < 1.29 is 4.79 Å². The van der Waals surface area contributed by atoms with Gasteiger partial charge >= 0.3 is 0 Å². The molecule has 1 amide bonds. The smallest absolute Gasteiger partial charge is 0.229 e. The quantitative estimate of drug-likeness (QED) is 0.872. The number of nitrogens with zero attached hydrogens (tertiary/aromatic N) is 1. The summed E-state index contributed by atoms with van der Waals surface area (Å²) in [5, 5.41) is 7.16. The lowest BCUT2D eigenvalue weighted by Crippen LogP contribution is -2.40. The molecule has 1 fully saturated rings. The number of benzene rings is 1. The molecule has 0 aliphatic carbocycles. The van der Waals surface area contributed by atoms with E-state index >= 15 is 0 Å². The number of hydrogen-bond donors (Lipinski definition) is 2. The molecule has 128 valence electrons. The molecule has 3 rings (SSSR count). The second kappa shape index (κ2) is 7.45. The van der Waals surface area contributed by atoms with Crippen LogP contribution in [0.5, 0.6) is 0 Å². The molecule has 1 saturated heterocycles. The number of hydrogen-bond acceptors (Lipinski definition) is 4. The predicted molar refractivity (Wildman–Crippen MR) is 100 cm³/mol. The zero-order chi connectivity index (χ0) is 17.1. The molecule has 0 spiro atoms. The number of aromatic nitrogens is 1. The Labute approximate surface area is 147 Å². The molecule has 24 heavy (non-hydrogen) atoms. The standard InChI is InChI=1S/C19H25N3OS/c1-12(2)17-16(14-7-5-4-6-8-14)21-19(24-17)22-18(23)15-9-10-20-13(3)11-15/h4-8,12-13,15,20H,9-11H2,1-3H3,(H,21,22,23)/t13-,15-/m0/s1. The number of anilines is 1. The number of amides is 1. The third-order valence-corrected chi connectivity index (χ3v) is 5.72. The van der Waals surface area contributed by atoms with Crippen LogP contribution in [0, 0.1) is 5.92 Å². The van der Waals surface area contributed by atoms with E-state index in [2.05, 4.69) is 43.5 Å². The minimum absolute atomic E-state index is 0.0767. The van der Waals surface area contributed by atoms with Crippen LogP contribution in [-0.2, 0) is 4.79 Å². The van der Waals surface area contributed by atoms with E-state index in [1.807, 2.05) is 18.2 Å². The first-order valence-corrected chi connectivity index (χ1v) is 9.46. The van der Waals surface area contributed by atoms with Gasteiger partial charge in [0.15, 0.2) is 5.13 Å². The highest BCUT2D eigenvalue weighted by molar-refractivity contribution is 7.16. The average molecular weight is 343 g/mol. The predicted octanol–water partition coefficient (Wildman–Crippen LogP) is 4.26. The highest BCUT2D eigenvalue weighted by atomic mass is 32.1. The number of piperidine rings is 1. The summed E-state index contributed by atoms with van der Waals surface area (Å²) in [4.78, 5) is 18.5. The fraction of sp³-hybridized carbons (Fsp3) is 0.474. The second-order valence-electron chi connectivity index (χ2n) is 6.82. The van der Waals surface area contributed by atoms with Crippen LogP contribution in [0.3, 0.4) is 0 Å². The molecular formula is C19H25N3OS. The van der Waals surface area contributed by atoms with Crippen molar-refractivity contribution >= 4 is 22.4 Å². The van der Waals surface area contributed by atoms with Crippen molar-refractivity contribution in [2.24, 2.45) is 5.92 Å². The van der Waals surface area contributed by atoms with E-state index in [0.717, 1.165) is 30.6 Å². The first kappa shape index (κ1) is 17.1. The van der Waals surface area contributed by atoms with Crippen LogP contribution in [0.15, 0.2) is 30.3 Å². The zero-order valence-electron chi connectivity index (χ0n) is 14.5. The van der Waals surface area contributed by atoms with E-state index in [0.29, 0.717) is 17.1 Å². The van der Waals surface area contributed by atoms with Gasteiger partial charge in [0.1, 0.15) is 0 Å². The lowest BCUT2D eigenvalue weighted by atomic mass is 9.92. The minimum atomic E-state index is 0.0767. The van der Waals surface area contributed by atoms with Crippen LogP contribution >= 0.6 is 11.3 Å². The first-order chi connectivity index (χ1) is 11.5. The fourth-order valence-corrected chi connectivity index (χ4v) is 4.15. The Kier molecular flexibility index (Phi) is 5.31. The van der Waals surface area contributed by atoms with Gasteiger partial charge in [0.05, 0.1) is 5.69 Å². The average Bonchev–Trinajstić information content (AvgIpc) is 3.00. The third-order valence-electron chi connectivity index (χ3n) is 4.45. The van der Waals surface area contributed by atoms with Crippen LogP contribution in [0.25, 0.3) is 11.3 Å². The van der Waals surface area contributed by atoms with E-state index in [9.17, 15) is 4.79 Å². The monoisotopic (exact) mass is 343 g/mol. The Bertz CT molecular complexity index is 696. The van der Waals surface area contributed by atoms with Gasteiger partial charge in [-0.2, -0.15) is 0 Å². The van der Waals surface area contributed by atoms with Crippen LogP contribution < -0.4 is 10.6 Å². The number of rotatable bonds is 4. The van der Waals surface area contributed by atoms with Crippen LogP contribution in [0.2, 0.25) is 0 Å². The molecule has 1 aliphatic heterocycles. The van der Waals surface area contributed by atoms with Gasteiger partial charge in [0.2, 0.25) is 5.91 Å². The maximum atomic E-state index is 12.6. The van der Waals surface area contributed by atoms with E-state index in [4.69, 9.17) is 4.98 Å². The van der Waals surface area contributed by atoms with Gasteiger partial charge in [-0.1, -0.05) is 44.2 Å². The molecule has 1 aromatic carbocycles. The Morgan fingerprint density at radius 1 is 1.33 bits per heavy atom. The number of thiazole rings is 1. The van der Waals surface area contributed by atoms with Gasteiger partial charge in [-0.25, -0.2) is 4.98 Å². The number of carbonyl (C=O) groups excluding carboxylic acids is 1. The van der Waals surface area contributed by atoms with Gasteiger partial charge < -0.3 is 10.6 Å². The molecule has 0 unspecified atom stereocenters. The summed E-state index contributed by atoms with van der Waals surface area (Å²) < 4.78 is 0. The highest BCUT2D eigenvalue weighted by Crippen LogP contribution is 2.36. The SMILES string of the molecule is CC(C)c1sc(NC(=O)[C@H]2CCN[C@@H](C)C2)nc1-c1ccccc1. The summed E-state index contributed by atoms with van der Waals surface area (Å²) in [7, 11) is 0. The summed E-state index contributed by atoms with van der Waals surface area (Å²) in [6.45, 7) is 7.37. The highest BCUT2D eigenvalue weighted by Gasteiger charge is 2.26. The molecule has 1 aromatic heterocycles. The van der Waals surface area contributed by atoms with Gasteiger partial charge in [-0.05, 0) is 32.2 Å². The molecule has 2 atom stereocenters. The van der Waals surface area contributed by atoms with Gasteiger partial charge in [0.25, 0.3) is 0 Å². The summed E-state index contributed by atoms with van der Waals surface area (Å²) in [6.07, 6.45) is 1.78. The van der Waals surface area contributed by atoms with E-state index in [-0.39, 0.29) is 11.8 Å². The Morgan fingerprint density at radius 3 is 2.75 bits per heavy atom. The molecule has 2 heterocycles.